The number of carbonyl (C=O) groups excluding carboxylic acids is 6. The van der Waals surface area contributed by atoms with E-state index in [1.54, 1.807) is 60.3 Å². The molecule has 2 saturated carbocycles. The van der Waals surface area contributed by atoms with E-state index in [9.17, 15) is 73.1 Å². The molecule has 17 nitrogen and oxygen atoms in total. The molecule has 8 atom stereocenters. The molecule has 2 spiro atoms. The van der Waals surface area contributed by atoms with Crippen LogP contribution in [0.1, 0.15) is 113 Å². The van der Waals surface area contributed by atoms with Crippen LogP contribution in [0.3, 0.4) is 0 Å². The fraction of sp³-hybridized carbons (Fsp3) is 0.844. The lowest BCUT2D eigenvalue weighted by atomic mass is 10.00. The summed E-state index contributed by atoms with van der Waals surface area (Å²) in [4.78, 5) is 91.4. The van der Waals surface area contributed by atoms with E-state index in [4.69, 9.17) is 14.6 Å². The van der Waals surface area contributed by atoms with Crippen molar-refractivity contribution in [1.82, 2.24) is 34.7 Å². The van der Waals surface area contributed by atoms with Crippen LogP contribution in [-0.2, 0) is 33.4 Å². The number of aliphatic carboxylic acids is 1. The van der Waals surface area contributed by atoms with Gasteiger partial charge in [0.2, 0.25) is 11.8 Å². The number of ether oxygens (including phenoxy) is 2. The molecular formula is C45H66F9N7O10. The number of carbonyl (C=O) groups is 7. The number of nitrogens with zero attached hydrogens (tertiary/aromatic N) is 6. The molecule has 0 bridgehead atoms. The Morgan fingerprint density at radius 1 is 0.563 bits per heavy atom. The van der Waals surface area contributed by atoms with E-state index in [1.165, 1.54) is 4.90 Å². The maximum Gasteiger partial charge on any atom is 0.471 e. The predicted molar refractivity (Wildman–Crippen MR) is 232 cm³/mol. The highest BCUT2D eigenvalue weighted by atomic mass is 19.4. The molecule has 0 unspecified atom stereocenters. The van der Waals surface area contributed by atoms with Crippen molar-refractivity contribution in [3.05, 3.63) is 0 Å². The first kappa shape index (κ1) is 57.1. The zero-order valence-electron chi connectivity index (χ0n) is 41.1. The summed E-state index contributed by atoms with van der Waals surface area (Å²) in [6.45, 7) is 12.8. The quantitative estimate of drug-likeness (QED) is 0.330. The summed E-state index contributed by atoms with van der Waals surface area (Å²) < 4.78 is 129. The molecule has 7 rings (SSSR count). The average molecular weight is 1040 g/mol. The maximum atomic E-state index is 14.2. The maximum absolute atomic E-state index is 14.2. The van der Waals surface area contributed by atoms with Crippen molar-refractivity contribution < 1.29 is 87.7 Å². The third-order valence-corrected chi connectivity index (χ3v) is 13.6. The van der Waals surface area contributed by atoms with E-state index in [-0.39, 0.29) is 71.0 Å². The number of carboxylic acid groups (broad SMARTS) is 1. The molecule has 5 aliphatic heterocycles. The van der Waals surface area contributed by atoms with E-state index in [0.717, 1.165) is 19.6 Å². The lowest BCUT2D eigenvalue weighted by Crippen LogP contribution is -2.66. The summed E-state index contributed by atoms with van der Waals surface area (Å²) in [7, 11) is 0. The molecule has 26 heteroatoms. The van der Waals surface area contributed by atoms with Crippen LogP contribution in [0.5, 0.6) is 0 Å². The van der Waals surface area contributed by atoms with Gasteiger partial charge in [0.25, 0.3) is 0 Å². The van der Waals surface area contributed by atoms with Crippen LogP contribution in [0.15, 0.2) is 0 Å². The smallest absolute Gasteiger partial charge is 0.471 e. The summed E-state index contributed by atoms with van der Waals surface area (Å²) in [5.41, 5.74) is -3.48. The zero-order chi connectivity index (χ0) is 53.6. The van der Waals surface area contributed by atoms with Crippen LogP contribution in [-0.4, -0.2) is 205 Å². The lowest BCUT2D eigenvalue weighted by Gasteiger charge is -2.48. The number of hydrogen-bond acceptors (Lipinski definition) is 10. The van der Waals surface area contributed by atoms with Gasteiger partial charge in [-0.1, -0.05) is 13.8 Å². The van der Waals surface area contributed by atoms with Crippen LogP contribution in [0.25, 0.3) is 0 Å². The Kier molecular flexibility index (Phi) is 16.9. The van der Waals surface area contributed by atoms with Gasteiger partial charge in [-0.15, -0.1) is 0 Å². The van der Waals surface area contributed by atoms with Crippen molar-refractivity contribution in [2.24, 2.45) is 0 Å². The van der Waals surface area contributed by atoms with Crippen LogP contribution in [0.2, 0.25) is 0 Å². The number of nitrogens with one attached hydrogen (secondary N) is 1. The minimum Gasteiger partial charge on any atom is -0.480 e. The van der Waals surface area contributed by atoms with Crippen LogP contribution >= 0.6 is 0 Å². The second kappa shape index (κ2) is 21.0. The molecule has 0 aromatic carbocycles. The third-order valence-electron chi connectivity index (χ3n) is 13.6. The Labute approximate surface area is 406 Å². The number of carboxylic acids is 1. The Morgan fingerprint density at radius 2 is 0.944 bits per heavy atom. The summed E-state index contributed by atoms with van der Waals surface area (Å²) in [6.07, 6.45) is -13.1. The van der Waals surface area contributed by atoms with Gasteiger partial charge in [-0.2, -0.15) is 26.3 Å². The predicted octanol–water partition coefficient (Wildman–Crippen LogP) is 5.53. The zero-order valence-corrected chi connectivity index (χ0v) is 41.1. The lowest BCUT2D eigenvalue weighted by molar-refractivity contribution is -0.193. The number of likely N-dealkylation sites (tertiary alicyclic amines) is 2. The van der Waals surface area contributed by atoms with E-state index < -0.39 is 119 Å². The van der Waals surface area contributed by atoms with Gasteiger partial charge in [0, 0.05) is 64.1 Å². The van der Waals surface area contributed by atoms with Crippen LogP contribution < -0.4 is 5.32 Å². The average Bonchev–Trinajstić information content (AvgIpc) is 4.03. The van der Waals surface area contributed by atoms with Gasteiger partial charge in [-0.05, 0) is 80.1 Å². The number of halogens is 9. The first-order valence-electron chi connectivity index (χ1n) is 23.8. The minimum atomic E-state index is -4.99. The van der Waals surface area contributed by atoms with E-state index in [1.807, 2.05) is 0 Å². The highest BCUT2D eigenvalue weighted by Crippen LogP contribution is 2.49. The van der Waals surface area contributed by atoms with Crippen LogP contribution in [0.4, 0.5) is 49.1 Å². The van der Waals surface area contributed by atoms with Gasteiger partial charge in [-0.25, -0.2) is 27.6 Å². The van der Waals surface area contributed by atoms with Crippen molar-refractivity contribution in [3.8, 4) is 0 Å². The summed E-state index contributed by atoms with van der Waals surface area (Å²) in [6, 6.07) is -3.96. The van der Waals surface area contributed by atoms with Crippen LogP contribution in [0, 0.1) is 0 Å². The Hall–Kier alpha value is -4.78. The Bertz CT molecular complexity index is 2010. The van der Waals surface area contributed by atoms with E-state index in [0.29, 0.717) is 38.5 Å². The highest BCUT2D eigenvalue weighted by Gasteiger charge is 2.62. The molecule has 6 amide bonds. The topological polar surface area (TPSA) is 190 Å². The van der Waals surface area contributed by atoms with Crippen molar-refractivity contribution in [3.63, 3.8) is 0 Å². The first-order valence-corrected chi connectivity index (χ1v) is 23.8. The Balaban J connectivity index is 0.000000209. The highest BCUT2D eigenvalue weighted by molar-refractivity contribution is 5.89. The fourth-order valence-corrected chi connectivity index (χ4v) is 9.69. The SMILES string of the molecule is CC(C)(C)OC(=O)N1C[C@H](F)C[C@H]1C(=O)O.CC[C@H]1CN(C(=O)C(F)(F)F)C2(CC2)CN1C(=O)[C@@H]1C[C@@H](F)CN1.CC[C@H]1CN(C(=O)C(F)(F)F)C2(CC2)CN1C(=O)[C@@H]1C[C@@H](F)CN1C(=O)OC(C)(C)C. The number of rotatable bonds is 5. The molecule has 71 heavy (non-hydrogen) atoms. The molecule has 7 fully saturated rings. The van der Waals surface area contributed by atoms with Gasteiger partial charge >= 0.3 is 42.3 Å². The van der Waals surface area contributed by atoms with Crippen molar-refractivity contribution in [2.75, 3.05) is 45.8 Å². The summed E-state index contributed by atoms with van der Waals surface area (Å²) in [5.74, 6) is -5.70. The van der Waals surface area contributed by atoms with Crippen molar-refractivity contribution in [1.29, 1.82) is 0 Å². The summed E-state index contributed by atoms with van der Waals surface area (Å²) in [5, 5.41) is 11.7. The van der Waals surface area contributed by atoms with E-state index in [2.05, 4.69) is 5.32 Å². The molecular weight excluding hydrogens is 970 g/mol. The monoisotopic (exact) mass is 1040 g/mol. The number of amides is 6. The third kappa shape index (κ3) is 13.6. The van der Waals surface area contributed by atoms with Gasteiger partial charge in [0.05, 0.1) is 30.2 Å². The molecule has 7 aliphatic rings. The minimum absolute atomic E-state index is 0.0538. The molecule has 404 valence electrons. The van der Waals surface area contributed by atoms with E-state index >= 15 is 0 Å². The standard InChI is InChI=1S/C20H29F4N3O4.C15H21F4N3O2.C10H16FNO4/c1-5-13-10-27(16(29)20(22,23)24)19(6-7-19)11-26(13)15(28)14-8-12(21)9-25(14)17(30)31-18(2,3)4;1-2-10-7-22(13(24)15(17,18)19)14(3-4-14)8-21(10)12(23)11-5-9(16)6-20-11;1-10(2,3)16-9(15)12-5-6(11)4-7(12)8(13)14/h12-14H,5-11H2,1-4H3;9-11,20H,2-8H2,1H3;6-7H,4-5H2,1-3H3,(H,13,14)/t12-,13+,14+;9-,10+,11+;6-,7+/m111/s1. The number of piperazine rings is 2. The van der Waals surface area contributed by atoms with Crippen molar-refractivity contribution in [2.45, 2.75) is 197 Å². The Morgan fingerprint density at radius 3 is 1.27 bits per heavy atom. The molecule has 2 N–H and O–H groups in total. The van der Waals surface area contributed by atoms with Gasteiger partial charge in [-0.3, -0.25) is 29.0 Å². The van der Waals surface area contributed by atoms with Gasteiger partial charge < -0.3 is 39.5 Å². The molecule has 0 aromatic rings. The number of alkyl halides is 9. The second-order valence-corrected chi connectivity index (χ2v) is 21.4. The van der Waals surface area contributed by atoms with Gasteiger partial charge in [0.1, 0.15) is 41.8 Å². The summed E-state index contributed by atoms with van der Waals surface area (Å²) >= 11 is 0. The van der Waals surface area contributed by atoms with Crippen molar-refractivity contribution >= 4 is 41.8 Å². The second-order valence-electron chi connectivity index (χ2n) is 21.4. The molecule has 0 aromatic heterocycles. The largest absolute Gasteiger partial charge is 0.480 e. The molecule has 5 heterocycles. The first-order chi connectivity index (χ1) is 32.6. The molecule has 2 aliphatic carbocycles. The normalized spacial score (nSPS) is 29.0. The fourth-order valence-electron chi connectivity index (χ4n) is 9.69. The molecule has 5 saturated heterocycles. The molecule has 0 radical (unpaired) electrons. The number of hydrogen-bond donors (Lipinski definition) is 2. The van der Waals surface area contributed by atoms with Gasteiger partial charge in [0.15, 0.2) is 0 Å².